The van der Waals surface area contributed by atoms with Crippen LogP contribution in [-0.4, -0.2) is 53.4 Å². The number of carbonyl (C=O) groups excluding carboxylic acids is 1. The number of hydrogen-bond donors (Lipinski definition) is 0. The minimum atomic E-state index is -0.247. The summed E-state index contributed by atoms with van der Waals surface area (Å²) in [6.45, 7) is 3.57. The lowest BCUT2D eigenvalue weighted by Crippen LogP contribution is -2.47. The Morgan fingerprint density at radius 1 is 1.00 bits per heavy atom. The Kier molecular flexibility index (Phi) is 5.37. The fraction of sp³-hybridized carbons (Fsp3) is 0.588. The number of carbonyl (C=O) groups is 1. The highest BCUT2D eigenvalue weighted by Crippen LogP contribution is 2.28. The monoisotopic (exact) mass is 322 g/mol. The molecule has 1 aromatic carbocycles. The van der Waals surface area contributed by atoms with E-state index in [2.05, 4.69) is 4.90 Å². The maximum absolute atomic E-state index is 13.2. The van der Waals surface area contributed by atoms with Gasteiger partial charge in [-0.15, -0.1) is 0 Å². The summed E-state index contributed by atoms with van der Waals surface area (Å²) < 4.78 is 13.2. The van der Waals surface area contributed by atoms with Gasteiger partial charge in [0.1, 0.15) is 11.9 Å². The molecular weight excluding hydrogens is 299 g/mol. The fourth-order valence-electron chi connectivity index (χ4n) is 3.29. The Labute approximate surface area is 135 Å². The van der Waals surface area contributed by atoms with Crippen LogP contribution < -0.4 is 0 Å². The molecule has 3 rings (SSSR count). The van der Waals surface area contributed by atoms with Gasteiger partial charge in [0, 0.05) is 24.6 Å². The fourth-order valence-corrected chi connectivity index (χ4v) is 4.19. The molecule has 22 heavy (non-hydrogen) atoms. The van der Waals surface area contributed by atoms with Crippen molar-refractivity contribution in [3.63, 3.8) is 0 Å². The van der Waals surface area contributed by atoms with Crippen molar-refractivity contribution in [1.29, 1.82) is 0 Å². The van der Waals surface area contributed by atoms with Crippen LogP contribution in [0, 0.1) is 5.82 Å². The molecule has 0 bridgehead atoms. The van der Waals surface area contributed by atoms with E-state index in [1.165, 1.54) is 18.6 Å². The molecule has 3 nitrogen and oxygen atoms in total. The van der Waals surface area contributed by atoms with Crippen LogP contribution in [0.4, 0.5) is 4.39 Å². The number of likely N-dealkylation sites (tertiary alicyclic amines) is 1. The largest absolute Gasteiger partial charge is 0.339 e. The van der Waals surface area contributed by atoms with Crippen LogP contribution in [0.5, 0.6) is 0 Å². The maximum Gasteiger partial charge on any atom is 0.244 e. The van der Waals surface area contributed by atoms with Gasteiger partial charge in [-0.3, -0.25) is 9.69 Å². The third kappa shape index (κ3) is 3.63. The Morgan fingerprint density at radius 3 is 2.27 bits per heavy atom. The molecule has 2 aliphatic heterocycles. The van der Waals surface area contributed by atoms with Crippen molar-refractivity contribution in [1.82, 2.24) is 9.80 Å². The SMILES string of the molecule is O=C([C@@H](c1ccc(F)cc1)N1CCCCC1)N1CCSCC1. The van der Waals surface area contributed by atoms with E-state index < -0.39 is 0 Å². The first-order valence-corrected chi connectivity index (χ1v) is 9.27. The lowest BCUT2D eigenvalue weighted by atomic mass is 10.00. The van der Waals surface area contributed by atoms with Gasteiger partial charge in [0.25, 0.3) is 0 Å². The predicted molar refractivity (Wildman–Crippen MR) is 88.5 cm³/mol. The van der Waals surface area contributed by atoms with Crippen molar-refractivity contribution in [2.75, 3.05) is 37.7 Å². The highest BCUT2D eigenvalue weighted by molar-refractivity contribution is 7.99. The average Bonchev–Trinajstić information content (AvgIpc) is 2.58. The molecular formula is C17H23FN2OS. The highest BCUT2D eigenvalue weighted by atomic mass is 32.2. The molecule has 1 amide bonds. The van der Waals surface area contributed by atoms with Gasteiger partial charge in [-0.05, 0) is 43.6 Å². The third-order valence-electron chi connectivity index (χ3n) is 4.50. The summed E-state index contributed by atoms with van der Waals surface area (Å²) in [6, 6.07) is 6.22. The van der Waals surface area contributed by atoms with Crippen molar-refractivity contribution in [3.8, 4) is 0 Å². The Balaban J connectivity index is 1.84. The number of nitrogens with zero attached hydrogens (tertiary/aromatic N) is 2. The van der Waals surface area contributed by atoms with Gasteiger partial charge < -0.3 is 4.90 Å². The van der Waals surface area contributed by atoms with Gasteiger partial charge in [0.15, 0.2) is 0 Å². The van der Waals surface area contributed by atoms with Crippen molar-refractivity contribution in [3.05, 3.63) is 35.6 Å². The molecule has 0 spiro atoms. The number of piperidine rings is 1. The van der Waals surface area contributed by atoms with Crippen LogP contribution in [0.1, 0.15) is 30.9 Å². The molecule has 2 saturated heterocycles. The van der Waals surface area contributed by atoms with Gasteiger partial charge in [-0.2, -0.15) is 11.8 Å². The average molecular weight is 322 g/mol. The van der Waals surface area contributed by atoms with Crippen LogP contribution in [0.15, 0.2) is 24.3 Å². The van der Waals surface area contributed by atoms with Crippen LogP contribution in [-0.2, 0) is 4.79 Å². The number of hydrogen-bond acceptors (Lipinski definition) is 3. The molecule has 0 unspecified atom stereocenters. The van der Waals surface area contributed by atoms with Crippen LogP contribution in [0.3, 0.4) is 0 Å². The first-order valence-electron chi connectivity index (χ1n) is 8.12. The molecule has 2 fully saturated rings. The van der Waals surface area contributed by atoms with E-state index in [1.54, 1.807) is 12.1 Å². The minimum Gasteiger partial charge on any atom is -0.339 e. The standard InChI is InChI=1S/C17H23FN2OS/c18-15-6-4-14(5-7-15)16(19-8-2-1-3-9-19)17(21)20-10-12-22-13-11-20/h4-7,16H,1-3,8-13H2/t16-/m1/s1. The Bertz CT molecular complexity index is 496. The van der Waals surface area contributed by atoms with Gasteiger partial charge in [-0.1, -0.05) is 18.6 Å². The van der Waals surface area contributed by atoms with Gasteiger partial charge in [-0.25, -0.2) is 4.39 Å². The first kappa shape index (κ1) is 15.8. The molecule has 2 heterocycles. The van der Waals surface area contributed by atoms with Crippen LogP contribution in [0.2, 0.25) is 0 Å². The lowest BCUT2D eigenvalue weighted by molar-refractivity contribution is -0.137. The number of rotatable bonds is 3. The Morgan fingerprint density at radius 2 is 1.64 bits per heavy atom. The summed E-state index contributed by atoms with van der Waals surface area (Å²) >= 11 is 1.90. The molecule has 0 saturated carbocycles. The van der Waals surface area contributed by atoms with Gasteiger partial charge in [0.05, 0.1) is 0 Å². The summed E-state index contributed by atoms with van der Waals surface area (Å²) in [7, 11) is 0. The zero-order valence-corrected chi connectivity index (χ0v) is 13.7. The van der Waals surface area contributed by atoms with Gasteiger partial charge >= 0.3 is 0 Å². The summed E-state index contributed by atoms with van der Waals surface area (Å²) in [4.78, 5) is 17.3. The molecule has 1 aromatic rings. The molecule has 5 heteroatoms. The van der Waals surface area contributed by atoms with Gasteiger partial charge in [0.2, 0.25) is 5.91 Å². The second-order valence-corrected chi connectivity index (χ2v) is 7.21. The minimum absolute atomic E-state index is 0.189. The van der Waals surface area contributed by atoms with Crippen molar-refractivity contribution >= 4 is 17.7 Å². The molecule has 0 N–H and O–H groups in total. The van der Waals surface area contributed by atoms with E-state index in [9.17, 15) is 9.18 Å². The van der Waals surface area contributed by atoms with Crippen molar-refractivity contribution < 1.29 is 9.18 Å². The number of benzene rings is 1. The topological polar surface area (TPSA) is 23.6 Å². The molecule has 1 atom stereocenters. The van der Waals surface area contributed by atoms with E-state index >= 15 is 0 Å². The number of amides is 1. The van der Waals surface area contributed by atoms with E-state index in [1.807, 2.05) is 16.7 Å². The van der Waals surface area contributed by atoms with E-state index in [0.29, 0.717) is 0 Å². The zero-order valence-electron chi connectivity index (χ0n) is 12.8. The predicted octanol–water partition coefficient (Wildman–Crippen LogP) is 2.93. The zero-order chi connectivity index (χ0) is 15.4. The highest BCUT2D eigenvalue weighted by Gasteiger charge is 2.32. The van der Waals surface area contributed by atoms with Crippen LogP contribution in [0.25, 0.3) is 0 Å². The number of thioether (sulfide) groups is 1. The second-order valence-electron chi connectivity index (χ2n) is 5.99. The molecule has 2 aliphatic rings. The summed E-state index contributed by atoms with van der Waals surface area (Å²) in [5, 5.41) is 0. The van der Waals surface area contributed by atoms with E-state index in [4.69, 9.17) is 0 Å². The smallest absolute Gasteiger partial charge is 0.244 e. The van der Waals surface area contributed by atoms with E-state index in [0.717, 1.165) is 56.1 Å². The summed E-state index contributed by atoms with van der Waals surface area (Å²) in [5.41, 5.74) is 0.923. The lowest BCUT2D eigenvalue weighted by Gasteiger charge is -2.38. The Hall–Kier alpha value is -1.07. The van der Waals surface area contributed by atoms with Crippen molar-refractivity contribution in [2.24, 2.45) is 0 Å². The molecule has 0 aliphatic carbocycles. The quantitative estimate of drug-likeness (QED) is 0.855. The maximum atomic E-state index is 13.2. The molecule has 120 valence electrons. The van der Waals surface area contributed by atoms with E-state index in [-0.39, 0.29) is 17.8 Å². The second kappa shape index (κ2) is 7.47. The normalized spacial score (nSPS) is 21.6. The molecule has 0 aromatic heterocycles. The molecule has 0 radical (unpaired) electrons. The summed E-state index contributed by atoms with van der Waals surface area (Å²) in [5.74, 6) is 1.97. The number of halogens is 1. The third-order valence-corrected chi connectivity index (χ3v) is 5.44. The van der Waals surface area contributed by atoms with Crippen molar-refractivity contribution in [2.45, 2.75) is 25.3 Å². The van der Waals surface area contributed by atoms with Crippen LogP contribution >= 0.6 is 11.8 Å². The summed E-state index contributed by atoms with van der Waals surface area (Å²) in [6.07, 6.45) is 3.52. The first-order chi connectivity index (χ1) is 10.8.